The van der Waals surface area contributed by atoms with Gasteiger partial charge in [0, 0.05) is 10.6 Å². The van der Waals surface area contributed by atoms with E-state index < -0.39 is 0 Å². The summed E-state index contributed by atoms with van der Waals surface area (Å²) in [6.07, 6.45) is 0.850. The smallest absolute Gasteiger partial charge is 0.234 e. The van der Waals surface area contributed by atoms with Gasteiger partial charge in [-0.1, -0.05) is 28.9 Å². The van der Waals surface area contributed by atoms with Gasteiger partial charge in [-0.2, -0.15) is 4.98 Å². The predicted octanol–water partition coefficient (Wildman–Crippen LogP) is 2.13. The highest BCUT2D eigenvalue weighted by Gasteiger charge is 2.07. The molecule has 0 aliphatic rings. The van der Waals surface area contributed by atoms with Gasteiger partial charge in [0.05, 0.1) is 6.42 Å². The molecule has 0 bridgehead atoms. The quantitative estimate of drug-likeness (QED) is 0.747. The molecule has 2 rings (SSSR count). The fourth-order valence-electron chi connectivity index (χ4n) is 1.15. The molecule has 0 atom stereocenters. The summed E-state index contributed by atoms with van der Waals surface area (Å²) in [7, 11) is 0. The summed E-state index contributed by atoms with van der Waals surface area (Å²) in [5.41, 5.74) is 0.767. The Morgan fingerprint density at radius 1 is 1.47 bits per heavy atom. The molecule has 76 valence electrons. The normalized spacial score (nSPS) is 10.2. The van der Waals surface area contributed by atoms with Crippen LogP contribution in [0.5, 0.6) is 0 Å². The Balaban J connectivity index is 2.32. The van der Waals surface area contributed by atoms with E-state index in [2.05, 4.69) is 10.1 Å². The summed E-state index contributed by atoms with van der Waals surface area (Å²) in [5.74, 6) is 0.745. The third-order valence-electron chi connectivity index (χ3n) is 1.81. The van der Waals surface area contributed by atoms with Gasteiger partial charge in [0.25, 0.3) is 0 Å². The SMILES string of the molecule is O=CCc1nc(-c2cccc(Cl)c2)no1. The molecule has 0 unspecified atom stereocenters. The van der Waals surface area contributed by atoms with Gasteiger partial charge in [-0.3, -0.25) is 0 Å². The molecule has 4 nitrogen and oxygen atoms in total. The van der Waals surface area contributed by atoms with Crippen LogP contribution in [0.25, 0.3) is 11.4 Å². The second kappa shape index (κ2) is 4.23. The number of nitrogens with zero attached hydrogens (tertiary/aromatic N) is 2. The number of carbonyl (C=O) groups excluding carboxylic acids is 1. The molecule has 0 saturated heterocycles. The minimum absolute atomic E-state index is 0.133. The van der Waals surface area contributed by atoms with Gasteiger partial charge in [0.1, 0.15) is 6.29 Å². The molecular weight excluding hydrogens is 216 g/mol. The van der Waals surface area contributed by atoms with Crippen molar-refractivity contribution in [3.8, 4) is 11.4 Å². The Labute approximate surface area is 90.9 Å². The van der Waals surface area contributed by atoms with Crippen LogP contribution in [0.15, 0.2) is 28.8 Å². The van der Waals surface area contributed by atoms with Crippen molar-refractivity contribution in [3.63, 3.8) is 0 Å². The maximum Gasteiger partial charge on any atom is 0.234 e. The van der Waals surface area contributed by atoms with E-state index in [4.69, 9.17) is 16.1 Å². The number of rotatable bonds is 3. The van der Waals surface area contributed by atoms with E-state index in [0.717, 1.165) is 11.8 Å². The van der Waals surface area contributed by atoms with E-state index >= 15 is 0 Å². The van der Waals surface area contributed by atoms with Crippen LogP contribution < -0.4 is 0 Å². The van der Waals surface area contributed by atoms with Gasteiger partial charge in [0.2, 0.25) is 11.7 Å². The van der Waals surface area contributed by atoms with Crippen LogP contribution in [-0.2, 0) is 11.2 Å². The molecule has 15 heavy (non-hydrogen) atoms. The highest BCUT2D eigenvalue weighted by molar-refractivity contribution is 6.30. The largest absolute Gasteiger partial charge is 0.339 e. The van der Waals surface area contributed by atoms with E-state index in [1.165, 1.54) is 0 Å². The fourth-order valence-corrected chi connectivity index (χ4v) is 1.34. The molecule has 0 N–H and O–H groups in total. The molecule has 1 aromatic heterocycles. The molecule has 1 heterocycles. The molecule has 0 fully saturated rings. The topological polar surface area (TPSA) is 56.0 Å². The summed E-state index contributed by atoms with van der Waals surface area (Å²) in [4.78, 5) is 14.3. The number of hydrogen-bond acceptors (Lipinski definition) is 4. The highest BCUT2D eigenvalue weighted by Crippen LogP contribution is 2.19. The zero-order valence-electron chi connectivity index (χ0n) is 7.68. The van der Waals surface area contributed by atoms with E-state index in [9.17, 15) is 4.79 Å². The van der Waals surface area contributed by atoms with Gasteiger partial charge in [-0.15, -0.1) is 0 Å². The zero-order chi connectivity index (χ0) is 10.7. The van der Waals surface area contributed by atoms with Crippen LogP contribution in [0, 0.1) is 0 Å². The van der Waals surface area contributed by atoms with Crippen LogP contribution >= 0.6 is 11.6 Å². The Morgan fingerprint density at radius 3 is 3.07 bits per heavy atom. The maximum absolute atomic E-state index is 10.2. The lowest BCUT2D eigenvalue weighted by molar-refractivity contribution is -0.107. The molecule has 2 aromatic rings. The van der Waals surface area contributed by atoms with E-state index in [0.29, 0.717) is 16.7 Å². The fraction of sp³-hybridized carbons (Fsp3) is 0.100. The molecule has 1 aromatic carbocycles. The van der Waals surface area contributed by atoms with Crippen molar-refractivity contribution in [1.82, 2.24) is 10.1 Å². The lowest BCUT2D eigenvalue weighted by Crippen LogP contribution is -1.85. The Morgan fingerprint density at radius 2 is 2.33 bits per heavy atom. The molecular formula is C10H7ClN2O2. The van der Waals surface area contributed by atoms with Crippen molar-refractivity contribution in [2.75, 3.05) is 0 Å². The molecule has 0 aliphatic carbocycles. The van der Waals surface area contributed by atoms with Crippen LogP contribution in [0.2, 0.25) is 5.02 Å². The lowest BCUT2D eigenvalue weighted by atomic mass is 10.2. The third-order valence-corrected chi connectivity index (χ3v) is 2.04. The second-order valence-electron chi connectivity index (χ2n) is 2.89. The van der Waals surface area contributed by atoms with Crippen molar-refractivity contribution >= 4 is 17.9 Å². The Bertz CT molecular complexity index is 482. The number of aromatic nitrogens is 2. The number of halogens is 1. The number of carbonyl (C=O) groups is 1. The first-order valence-electron chi connectivity index (χ1n) is 4.32. The molecule has 0 amide bonds. The molecule has 0 spiro atoms. The van der Waals surface area contributed by atoms with E-state index in [1.807, 2.05) is 6.07 Å². The van der Waals surface area contributed by atoms with Crippen molar-refractivity contribution < 1.29 is 9.32 Å². The van der Waals surface area contributed by atoms with Gasteiger partial charge >= 0.3 is 0 Å². The minimum atomic E-state index is 0.133. The standard InChI is InChI=1S/C10H7ClN2O2/c11-8-3-1-2-7(6-8)10-12-9(4-5-14)15-13-10/h1-3,5-6H,4H2. The van der Waals surface area contributed by atoms with Crippen LogP contribution in [0.1, 0.15) is 5.89 Å². The van der Waals surface area contributed by atoms with Crippen molar-refractivity contribution in [1.29, 1.82) is 0 Å². The minimum Gasteiger partial charge on any atom is -0.339 e. The molecule has 0 radical (unpaired) electrons. The predicted molar refractivity (Wildman–Crippen MR) is 54.5 cm³/mol. The van der Waals surface area contributed by atoms with Gasteiger partial charge in [-0.25, -0.2) is 0 Å². The first-order chi connectivity index (χ1) is 7.29. The highest BCUT2D eigenvalue weighted by atomic mass is 35.5. The lowest BCUT2D eigenvalue weighted by Gasteiger charge is -1.93. The third kappa shape index (κ3) is 2.22. The Hall–Kier alpha value is -1.68. The summed E-state index contributed by atoms with van der Waals surface area (Å²) in [6, 6.07) is 7.11. The second-order valence-corrected chi connectivity index (χ2v) is 3.33. The number of benzene rings is 1. The molecule has 5 heteroatoms. The summed E-state index contributed by atoms with van der Waals surface area (Å²) < 4.78 is 4.86. The Kier molecular flexibility index (Phi) is 2.78. The molecule has 0 saturated carbocycles. The van der Waals surface area contributed by atoms with Crippen LogP contribution in [0.3, 0.4) is 0 Å². The van der Waals surface area contributed by atoms with Gasteiger partial charge in [0.15, 0.2) is 0 Å². The first kappa shape index (κ1) is 9.86. The number of aldehydes is 1. The van der Waals surface area contributed by atoms with E-state index in [1.54, 1.807) is 18.2 Å². The monoisotopic (exact) mass is 222 g/mol. The average Bonchev–Trinajstić information content (AvgIpc) is 2.67. The van der Waals surface area contributed by atoms with Gasteiger partial charge < -0.3 is 9.32 Å². The van der Waals surface area contributed by atoms with Crippen molar-refractivity contribution in [3.05, 3.63) is 35.2 Å². The average molecular weight is 223 g/mol. The first-order valence-corrected chi connectivity index (χ1v) is 4.69. The van der Waals surface area contributed by atoms with Gasteiger partial charge in [-0.05, 0) is 12.1 Å². The van der Waals surface area contributed by atoms with Crippen LogP contribution in [-0.4, -0.2) is 16.4 Å². The summed E-state index contributed by atoms with van der Waals surface area (Å²) in [5, 5.41) is 4.35. The summed E-state index contributed by atoms with van der Waals surface area (Å²) >= 11 is 5.82. The van der Waals surface area contributed by atoms with Crippen molar-refractivity contribution in [2.45, 2.75) is 6.42 Å². The van der Waals surface area contributed by atoms with E-state index in [-0.39, 0.29) is 6.42 Å². The zero-order valence-corrected chi connectivity index (χ0v) is 8.44. The molecule has 0 aliphatic heterocycles. The number of hydrogen-bond donors (Lipinski definition) is 0. The van der Waals surface area contributed by atoms with Crippen LogP contribution in [0.4, 0.5) is 0 Å². The maximum atomic E-state index is 10.2. The van der Waals surface area contributed by atoms with Crippen molar-refractivity contribution in [2.24, 2.45) is 0 Å². The summed E-state index contributed by atoms with van der Waals surface area (Å²) in [6.45, 7) is 0.